The van der Waals surface area contributed by atoms with E-state index in [0.717, 1.165) is 36.2 Å². The topological polar surface area (TPSA) is 160 Å². The molecule has 1 saturated heterocycles. The number of amides is 4. The van der Waals surface area contributed by atoms with Crippen LogP contribution < -0.4 is 26.0 Å². The van der Waals surface area contributed by atoms with E-state index in [0.29, 0.717) is 38.4 Å². The number of carbonyl (C=O) groups excluding carboxylic acids is 4. The molecule has 0 radical (unpaired) electrons. The van der Waals surface area contributed by atoms with Crippen molar-refractivity contribution in [2.45, 2.75) is 70.6 Å². The highest BCUT2D eigenvalue weighted by molar-refractivity contribution is 5.92. The van der Waals surface area contributed by atoms with Crippen LogP contribution >= 0.6 is 12.4 Å². The first kappa shape index (κ1) is 37.3. The van der Waals surface area contributed by atoms with Gasteiger partial charge in [0, 0.05) is 38.7 Å². The minimum Gasteiger partial charge on any atom is -0.492 e. The highest BCUT2D eigenvalue weighted by Gasteiger charge is 2.30. The third kappa shape index (κ3) is 11.0. The number of rotatable bonds is 4. The minimum absolute atomic E-state index is 0. The standard InChI is InChI=1S/C35H46N8O5.ClH/c1-24(2)32-34(46)38-30(21-25-8-4-3-5-9-25)33(45)37-15-17-42(35(47)29-12-7-14-36-29)16-13-27-23-43(41-40-27)18-19-48-28-11-6-10-26(20-28)22-31(44)39-32;/h3-6,8-11,20,23-24,29-30,32,36H,7,12-19,21-22H2,1-2H3,(H,37,45)(H,38,46)(H,39,44);1H/t29-,30-,32?;/m0./s1. The summed E-state index contributed by atoms with van der Waals surface area (Å²) >= 11 is 0. The van der Waals surface area contributed by atoms with Gasteiger partial charge in [0.25, 0.3) is 0 Å². The highest BCUT2D eigenvalue weighted by atomic mass is 35.5. The Bertz CT molecular complexity index is 1550. The number of hydrogen-bond acceptors (Lipinski definition) is 8. The molecule has 14 heteroatoms. The highest BCUT2D eigenvalue weighted by Crippen LogP contribution is 2.15. The number of benzene rings is 2. The Morgan fingerprint density at radius 1 is 0.980 bits per heavy atom. The van der Waals surface area contributed by atoms with Gasteiger partial charge in [-0.3, -0.25) is 19.2 Å². The predicted molar refractivity (Wildman–Crippen MR) is 186 cm³/mol. The molecule has 4 N–H and O–H groups in total. The maximum atomic E-state index is 13.6. The molecule has 3 heterocycles. The minimum atomic E-state index is -0.899. The van der Waals surface area contributed by atoms with E-state index in [1.54, 1.807) is 15.6 Å². The van der Waals surface area contributed by atoms with Gasteiger partial charge in [-0.1, -0.05) is 61.5 Å². The number of nitrogens with zero attached hydrogens (tertiary/aromatic N) is 4. The van der Waals surface area contributed by atoms with E-state index in [2.05, 4.69) is 31.6 Å². The Labute approximate surface area is 293 Å². The molecule has 5 rings (SSSR count). The monoisotopic (exact) mass is 694 g/mol. The second kappa shape index (κ2) is 18.3. The van der Waals surface area contributed by atoms with E-state index in [1.807, 2.05) is 68.6 Å². The number of carbonyl (C=O) groups is 4. The zero-order chi connectivity index (χ0) is 33.9. The lowest BCUT2D eigenvalue weighted by molar-refractivity contribution is -0.134. The summed E-state index contributed by atoms with van der Waals surface area (Å²) in [7, 11) is 0. The molecule has 0 spiro atoms. The van der Waals surface area contributed by atoms with Crippen LogP contribution in [0.2, 0.25) is 0 Å². The van der Waals surface area contributed by atoms with Crippen molar-refractivity contribution in [2.24, 2.45) is 5.92 Å². The molecule has 49 heavy (non-hydrogen) atoms. The van der Waals surface area contributed by atoms with Crippen molar-refractivity contribution in [1.82, 2.24) is 41.2 Å². The third-order valence-electron chi connectivity index (χ3n) is 8.61. The van der Waals surface area contributed by atoms with Crippen LogP contribution in [0.25, 0.3) is 0 Å². The Morgan fingerprint density at radius 2 is 1.80 bits per heavy atom. The maximum absolute atomic E-state index is 13.6. The van der Waals surface area contributed by atoms with Gasteiger partial charge < -0.3 is 30.9 Å². The van der Waals surface area contributed by atoms with Crippen LogP contribution in [0.3, 0.4) is 0 Å². The van der Waals surface area contributed by atoms with Crippen molar-refractivity contribution in [3.05, 3.63) is 77.6 Å². The normalized spacial score (nSPS) is 21.5. The van der Waals surface area contributed by atoms with Gasteiger partial charge in [-0.15, -0.1) is 17.5 Å². The van der Waals surface area contributed by atoms with E-state index in [-0.39, 0.29) is 61.5 Å². The van der Waals surface area contributed by atoms with Gasteiger partial charge >= 0.3 is 0 Å². The molecule has 0 aliphatic carbocycles. The third-order valence-corrected chi connectivity index (χ3v) is 8.61. The van der Waals surface area contributed by atoms with Crippen molar-refractivity contribution in [2.75, 3.05) is 32.8 Å². The second-order valence-electron chi connectivity index (χ2n) is 12.7. The van der Waals surface area contributed by atoms with Crippen LogP contribution in [0.4, 0.5) is 0 Å². The summed E-state index contributed by atoms with van der Waals surface area (Å²) in [5.74, 6) is -0.770. The predicted octanol–water partition coefficient (Wildman–Crippen LogP) is 1.44. The van der Waals surface area contributed by atoms with Gasteiger partial charge in [-0.05, 0) is 48.6 Å². The van der Waals surface area contributed by atoms with Crippen molar-refractivity contribution in [3.8, 4) is 5.75 Å². The molecule has 2 aliphatic rings. The molecule has 1 unspecified atom stereocenters. The Kier molecular flexibility index (Phi) is 14.0. The average molecular weight is 695 g/mol. The quantitative estimate of drug-likeness (QED) is 0.320. The SMILES string of the molecule is CC(C)C1NC(=O)Cc2cccc(c2)OCCn2cc(nn2)CCN(C(=O)[C@@H]2CCCN2)CCNC(=O)[C@H](Cc2ccccc2)NC1=O.Cl. The lowest BCUT2D eigenvalue weighted by atomic mass is 10.0. The molecular weight excluding hydrogens is 648 g/mol. The van der Waals surface area contributed by atoms with Crippen LogP contribution in [-0.2, 0) is 45.0 Å². The van der Waals surface area contributed by atoms with Gasteiger partial charge in [-0.25, -0.2) is 4.68 Å². The van der Waals surface area contributed by atoms with E-state index in [4.69, 9.17) is 4.74 Å². The Morgan fingerprint density at radius 3 is 2.55 bits per heavy atom. The summed E-state index contributed by atoms with van der Waals surface area (Å²) in [5, 5.41) is 20.5. The smallest absolute Gasteiger partial charge is 0.243 e. The van der Waals surface area contributed by atoms with Crippen molar-refractivity contribution < 1.29 is 23.9 Å². The van der Waals surface area contributed by atoms with E-state index in [1.165, 1.54) is 0 Å². The van der Waals surface area contributed by atoms with E-state index in [9.17, 15) is 19.2 Å². The fraction of sp³-hybridized carbons (Fsp3) is 0.486. The fourth-order valence-corrected chi connectivity index (χ4v) is 5.96. The van der Waals surface area contributed by atoms with Gasteiger partial charge in [0.15, 0.2) is 0 Å². The number of aromatic nitrogens is 3. The lowest BCUT2D eigenvalue weighted by Gasteiger charge is -2.27. The van der Waals surface area contributed by atoms with Gasteiger partial charge in [0.05, 0.1) is 24.7 Å². The first-order valence-corrected chi connectivity index (χ1v) is 16.8. The maximum Gasteiger partial charge on any atom is 0.243 e. The zero-order valence-electron chi connectivity index (χ0n) is 28.1. The number of hydrogen-bond donors (Lipinski definition) is 4. The first-order chi connectivity index (χ1) is 23.2. The summed E-state index contributed by atoms with van der Waals surface area (Å²) in [5.41, 5.74) is 2.36. The van der Waals surface area contributed by atoms with E-state index < -0.39 is 18.0 Å². The molecule has 4 bridgehead atoms. The second-order valence-corrected chi connectivity index (χ2v) is 12.7. The van der Waals surface area contributed by atoms with Crippen LogP contribution in [0.15, 0.2) is 60.8 Å². The molecule has 1 fully saturated rings. The summed E-state index contributed by atoms with van der Waals surface area (Å²) in [6.45, 7) is 6.20. The molecule has 3 aromatic rings. The lowest BCUT2D eigenvalue weighted by Crippen LogP contribution is -2.56. The Hall–Kier alpha value is -4.49. The molecule has 4 amide bonds. The first-order valence-electron chi connectivity index (χ1n) is 16.8. The number of halogens is 1. The van der Waals surface area contributed by atoms with Crippen LogP contribution in [-0.4, -0.2) is 94.4 Å². The van der Waals surface area contributed by atoms with Gasteiger partial charge in [0.1, 0.15) is 24.4 Å². The van der Waals surface area contributed by atoms with Crippen LogP contribution in [0.1, 0.15) is 43.5 Å². The van der Waals surface area contributed by atoms with Crippen molar-refractivity contribution in [3.63, 3.8) is 0 Å². The summed E-state index contributed by atoms with van der Waals surface area (Å²) in [6.07, 6.45) is 4.35. The van der Waals surface area contributed by atoms with Gasteiger partial charge in [-0.2, -0.15) is 0 Å². The molecule has 0 saturated carbocycles. The zero-order valence-corrected chi connectivity index (χ0v) is 28.9. The molecule has 13 nitrogen and oxygen atoms in total. The Balaban J connectivity index is 0.00000541. The molecule has 2 aliphatic heterocycles. The van der Waals surface area contributed by atoms with Crippen molar-refractivity contribution in [1.29, 1.82) is 0 Å². The molecule has 3 atom stereocenters. The summed E-state index contributed by atoms with van der Waals surface area (Å²) < 4.78 is 7.65. The number of ether oxygens (including phenoxy) is 1. The van der Waals surface area contributed by atoms with Crippen molar-refractivity contribution >= 4 is 36.0 Å². The largest absolute Gasteiger partial charge is 0.492 e. The van der Waals surface area contributed by atoms with Crippen LogP contribution in [0.5, 0.6) is 5.75 Å². The molecule has 2 aromatic carbocycles. The number of fused-ring (bicyclic) bond motifs is 4. The fourth-order valence-electron chi connectivity index (χ4n) is 5.96. The summed E-state index contributed by atoms with van der Waals surface area (Å²) in [6, 6.07) is 14.7. The molecule has 1 aromatic heterocycles. The van der Waals surface area contributed by atoms with Crippen LogP contribution in [0, 0.1) is 5.92 Å². The molecular formula is C35H47ClN8O5. The number of nitrogens with one attached hydrogen (secondary N) is 4. The van der Waals surface area contributed by atoms with Gasteiger partial charge in [0.2, 0.25) is 23.6 Å². The van der Waals surface area contributed by atoms with E-state index >= 15 is 0 Å². The molecule has 264 valence electrons. The summed E-state index contributed by atoms with van der Waals surface area (Å²) in [4.78, 5) is 55.7. The average Bonchev–Trinajstić information content (AvgIpc) is 3.78.